The zero-order valence-corrected chi connectivity index (χ0v) is 23.2. The van der Waals surface area contributed by atoms with Crippen molar-refractivity contribution in [3.8, 4) is 0 Å². The third-order valence-corrected chi connectivity index (χ3v) is 8.72. The fraction of sp³-hybridized carbons (Fsp3) is 0.417. The van der Waals surface area contributed by atoms with Crippen molar-refractivity contribution in [3.63, 3.8) is 0 Å². The summed E-state index contributed by atoms with van der Waals surface area (Å²) in [5.41, 5.74) is 1.26. The Morgan fingerprint density at radius 2 is 1.62 bits per heavy atom. The van der Waals surface area contributed by atoms with E-state index in [1.54, 1.807) is 17.0 Å². The molecule has 1 amide bonds. The molecule has 1 heterocycles. The second-order valence-corrected chi connectivity index (χ2v) is 12.2. The first-order valence-corrected chi connectivity index (χ1v) is 14.3. The van der Waals surface area contributed by atoms with Gasteiger partial charge in [0, 0.05) is 36.2 Å². The monoisotopic (exact) mass is 566 g/mol. The summed E-state index contributed by atoms with van der Waals surface area (Å²) in [6.45, 7) is 6.01. The van der Waals surface area contributed by atoms with Crippen molar-refractivity contribution in [2.45, 2.75) is 31.6 Å². The largest absolute Gasteiger partial charge is 0.308 e. The molecule has 1 aromatic heterocycles. The first-order valence-electron chi connectivity index (χ1n) is 11.3. The van der Waals surface area contributed by atoms with Gasteiger partial charge in [0.25, 0.3) is 5.91 Å². The molecule has 34 heavy (non-hydrogen) atoms. The van der Waals surface area contributed by atoms with Crippen LogP contribution in [0.5, 0.6) is 0 Å². The van der Waals surface area contributed by atoms with Gasteiger partial charge in [-0.05, 0) is 69.4 Å². The number of hydrogen-bond acceptors (Lipinski definition) is 6. The van der Waals surface area contributed by atoms with Gasteiger partial charge in [-0.15, -0.1) is 0 Å². The third-order valence-electron chi connectivity index (χ3n) is 5.27. The van der Waals surface area contributed by atoms with Crippen LogP contribution in [-0.4, -0.2) is 68.8 Å². The summed E-state index contributed by atoms with van der Waals surface area (Å²) < 4.78 is 29.6. The Balaban J connectivity index is 1.91. The van der Waals surface area contributed by atoms with Gasteiger partial charge >= 0.3 is 0 Å². The number of carbonyl (C=O) groups excluding carboxylic acids is 1. The fourth-order valence-electron chi connectivity index (χ4n) is 3.51. The first-order chi connectivity index (χ1) is 16.2. The SMILES string of the molecule is CCCN(CCC)S(=O)(=O)c1ccc(C(=O)N(CCN(C)C)c2nc3ccc(Br)cc3s2)cc1. The van der Waals surface area contributed by atoms with Crippen LogP contribution >= 0.6 is 27.3 Å². The van der Waals surface area contributed by atoms with E-state index in [1.165, 1.54) is 27.8 Å². The Kier molecular flexibility index (Phi) is 9.22. The number of hydrogen-bond donors (Lipinski definition) is 0. The summed E-state index contributed by atoms with van der Waals surface area (Å²) >= 11 is 4.94. The molecule has 0 bridgehead atoms. The molecule has 0 fully saturated rings. The van der Waals surface area contributed by atoms with Crippen molar-refractivity contribution in [2.24, 2.45) is 0 Å². The molecule has 0 aliphatic rings. The Bertz CT molecular complexity index is 1220. The molecule has 0 aliphatic carbocycles. The highest BCUT2D eigenvalue weighted by Crippen LogP contribution is 2.31. The van der Waals surface area contributed by atoms with Crippen molar-refractivity contribution in [2.75, 3.05) is 45.2 Å². The number of aromatic nitrogens is 1. The van der Waals surface area contributed by atoms with Crippen molar-refractivity contribution >= 4 is 58.5 Å². The number of anilines is 1. The quantitative estimate of drug-likeness (QED) is 0.323. The van der Waals surface area contributed by atoms with E-state index >= 15 is 0 Å². The van der Waals surface area contributed by atoms with E-state index in [1.807, 2.05) is 51.0 Å². The van der Waals surface area contributed by atoms with Crippen LogP contribution < -0.4 is 4.90 Å². The van der Waals surface area contributed by atoms with Crippen LogP contribution in [0.3, 0.4) is 0 Å². The van der Waals surface area contributed by atoms with Crippen LogP contribution in [0.25, 0.3) is 10.2 Å². The highest BCUT2D eigenvalue weighted by molar-refractivity contribution is 9.10. The molecule has 10 heteroatoms. The average Bonchev–Trinajstić information content (AvgIpc) is 3.21. The van der Waals surface area contributed by atoms with Crippen LogP contribution in [0.4, 0.5) is 5.13 Å². The highest BCUT2D eigenvalue weighted by Gasteiger charge is 2.25. The molecule has 0 aliphatic heterocycles. The van der Waals surface area contributed by atoms with Gasteiger partial charge in [0.15, 0.2) is 5.13 Å². The van der Waals surface area contributed by atoms with E-state index < -0.39 is 10.0 Å². The number of amides is 1. The third kappa shape index (κ3) is 6.23. The summed E-state index contributed by atoms with van der Waals surface area (Å²) in [5.74, 6) is -0.206. The van der Waals surface area contributed by atoms with Gasteiger partial charge in [0.05, 0.1) is 15.1 Å². The smallest absolute Gasteiger partial charge is 0.260 e. The zero-order chi connectivity index (χ0) is 24.9. The lowest BCUT2D eigenvalue weighted by molar-refractivity contribution is 0.0985. The minimum Gasteiger partial charge on any atom is -0.308 e. The van der Waals surface area contributed by atoms with Gasteiger partial charge in [0.2, 0.25) is 10.0 Å². The van der Waals surface area contributed by atoms with Crippen molar-refractivity contribution in [1.29, 1.82) is 0 Å². The predicted molar refractivity (Wildman–Crippen MR) is 143 cm³/mol. The van der Waals surface area contributed by atoms with Crippen LogP contribution in [0.2, 0.25) is 0 Å². The van der Waals surface area contributed by atoms with E-state index in [0.717, 1.165) is 27.5 Å². The standard InChI is InChI=1S/C24H31BrN4O3S2/c1-5-13-28(14-6-2)34(31,32)20-10-7-18(8-11-20)23(30)29(16-15-27(3)4)24-26-21-12-9-19(25)17-22(21)33-24/h7-12,17H,5-6,13-16H2,1-4H3. The van der Waals surface area contributed by atoms with Gasteiger partial charge in [-0.25, -0.2) is 13.4 Å². The van der Waals surface area contributed by atoms with E-state index in [0.29, 0.717) is 36.9 Å². The maximum atomic E-state index is 13.5. The maximum Gasteiger partial charge on any atom is 0.260 e. The Morgan fingerprint density at radius 1 is 0.971 bits per heavy atom. The van der Waals surface area contributed by atoms with Gasteiger partial charge in [-0.2, -0.15) is 4.31 Å². The molecule has 0 N–H and O–H groups in total. The molecule has 0 saturated carbocycles. The minimum absolute atomic E-state index is 0.204. The zero-order valence-electron chi connectivity index (χ0n) is 20.0. The maximum absolute atomic E-state index is 13.5. The molecule has 0 atom stereocenters. The van der Waals surface area contributed by atoms with E-state index in [4.69, 9.17) is 0 Å². The number of benzene rings is 2. The van der Waals surface area contributed by atoms with Crippen molar-refractivity contribution < 1.29 is 13.2 Å². The Morgan fingerprint density at radius 3 is 2.21 bits per heavy atom. The number of thiazole rings is 1. The molecule has 2 aromatic carbocycles. The number of sulfonamides is 1. The lowest BCUT2D eigenvalue weighted by Gasteiger charge is -2.23. The summed E-state index contributed by atoms with van der Waals surface area (Å²) in [4.78, 5) is 22.1. The van der Waals surface area contributed by atoms with Gasteiger partial charge in [-0.1, -0.05) is 41.1 Å². The molecule has 184 valence electrons. The number of carbonyl (C=O) groups is 1. The van der Waals surface area contributed by atoms with Crippen molar-refractivity contribution in [3.05, 3.63) is 52.5 Å². The summed E-state index contributed by atoms with van der Waals surface area (Å²) in [5, 5.41) is 0.619. The molecule has 0 radical (unpaired) electrons. The fourth-order valence-corrected chi connectivity index (χ4v) is 6.68. The number of halogens is 1. The topological polar surface area (TPSA) is 73.8 Å². The highest BCUT2D eigenvalue weighted by atomic mass is 79.9. The molecule has 7 nitrogen and oxygen atoms in total. The second-order valence-electron chi connectivity index (χ2n) is 8.30. The molecule has 0 unspecified atom stereocenters. The molecular formula is C24H31BrN4O3S2. The van der Waals surface area contributed by atoms with Crippen molar-refractivity contribution in [1.82, 2.24) is 14.2 Å². The molecule has 0 spiro atoms. The summed E-state index contributed by atoms with van der Waals surface area (Å²) in [7, 11) is 0.313. The number of nitrogens with zero attached hydrogens (tertiary/aromatic N) is 4. The Hall–Kier alpha value is -1.85. The van der Waals surface area contributed by atoms with E-state index in [-0.39, 0.29) is 10.8 Å². The predicted octanol–water partition coefficient (Wildman–Crippen LogP) is 5.08. The van der Waals surface area contributed by atoms with Crippen LogP contribution in [0.1, 0.15) is 37.0 Å². The van der Waals surface area contributed by atoms with Gasteiger partial charge in [-0.3, -0.25) is 9.69 Å². The Labute approximate surface area is 214 Å². The summed E-state index contributed by atoms with van der Waals surface area (Å²) in [6.07, 6.45) is 1.49. The molecule has 3 rings (SSSR count). The molecule has 3 aromatic rings. The summed E-state index contributed by atoms with van der Waals surface area (Å²) in [6, 6.07) is 12.1. The first kappa shape index (κ1) is 26.7. The van der Waals surface area contributed by atoms with Crippen LogP contribution in [0, 0.1) is 0 Å². The average molecular weight is 568 g/mol. The normalized spacial score (nSPS) is 12.1. The second kappa shape index (κ2) is 11.7. The van der Waals surface area contributed by atoms with Gasteiger partial charge in [0.1, 0.15) is 0 Å². The van der Waals surface area contributed by atoms with Crippen LogP contribution in [0.15, 0.2) is 51.8 Å². The number of fused-ring (bicyclic) bond motifs is 1. The lowest BCUT2D eigenvalue weighted by atomic mass is 10.2. The van der Waals surface area contributed by atoms with E-state index in [2.05, 4.69) is 20.9 Å². The number of rotatable bonds is 11. The van der Waals surface area contributed by atoms with Crippen LogP contribution in [-0.2, 0) is 10.0 Å². The molecule has 0 saturated heterocycles. The lowest BCUT2D eigenvalue weighted by Crippen LogP contribution is -2.36. The van der Waals surface area contributed by atoms with Gasteiger partial charge < -0.3 is 4.90 Å². The number of likely N-dealkylation sites (N-methyl/N-ethyl adjacent to an activating group) is 1. The molecular weight excluding hydrogens is 536 g/mol. The minimum atomic E-state index is -3.60. The van der Waals surface area contributed by atoms with E-state index in [9.17, 15) is 13.2 Å².